The number of furan rings is 1. The van der Waals surface area contributed by atoms with Crippen LogP contribution in [0.1, 0.15) is 0 Å². The lowest BCUT2D eigenvalue weighted by Gasteiger charge is -2.29. The van der Waals surface area contributed by atoms with Gasteiger partial charge in [-0.15, -0.1) is 0 Å². The fraction of sp³-hybridized carbons (Fsp3) is 0. The van der Waals surface area contributed by atoms with E-state index in [9.17, 15) is 0 Å². The first-order chi connectivity index (χ1) is 33.2. The molecular weight excluding hydrogens is 813 g/mol. The first-order valence-corrected chi connectivity index (χ1v) is 22.8. The van der Waals surface area contributed by atoms with Crippen LogP contribution in [0.25, 0.3) is 88.3 Å². The van der Waals surface area contributed by atoms with Crippen LogP contribution >= 0.6 is 0 Å². The minimum absolute atomic E-state index is 0.902. The van der Waals surface area contributed by atoms with Crippen LogP contribution in [0, 0.1) is 0 Å². The Hall–Kier alpha value is -8.92. The quantitative estimate of drug-likeness (QED) is 0.149. The van der Waals surface area contributed by atoms with Crippen molar-refractivity contribution in [3.63, 3.8) is 0 Å². The van der Waals surface area contributed by atoms with E-state index in [1.54, 1.807) is 0 Å². The standard InChI is InChI=1S/C64H44N2O/c1-2-17-47(18-3-1)54-22-6-10-28-60(54)65-61-29-11-7-23-56(61)57-24-8-12-30-62(57)66(53-40-36-46(37-41-53)50-33-32-44-16-4-5-19-48(44)42-50)52-38-34-45(35-39-52)49-20-14-21-51(43-49)55-26-15-27-59-58-25-9-13-31-63(58)67-64(55)59/h1-43,65H. The zero-order valence-electron chi connectivity index (χ0n) is 36.7. The van der Waals surface area contributed by atoms with E-state index < -0.39 is 0 Å². The van der Waals surface area contributed by atoms with E-state index in [-0.39, 0.29) is 0 Å². The molecule has 0 aliphatic carbocycles. The lowest BCUT2D eigenvalue weighted by molar-refractivity contribution is 0.670. The molecule has 316 valence electrons. The van der Waals surface area contributed by atoms with Crippen molar-refractivity contribution in [1.29, 1.82) is 0 Å². The van der Waals surface area contributed by atoms with E-state index in [1.807, 2.05) is 12.1 Å². The van der Waals surface area contributed by atoms with E-state index in [2.05, 4.69) is 259 Å². The van der Waals surface area contributed by atoms with Crippen molar-refractivity contribution in [2.24, 2.45) is 0 Å². The van der Waals surface area contributed by atoms with E-state index >= 15 is 0 Å². The third kappa shape index (κ3) is 7.59. The number of nitrogens with zero attached hydrogens (tertiary/aromatic N) is 1. The molecule has 11 aromatic carbocycles. The molecule has 1 aromatic heterocycles. The van der Waals surface area contributed by atoms with E-state index in [0.717, 1.165) is 89.3 Å². The summed E-state index contributed by atoms with van der Waals surface area (Å²) in [7, 11) is 0. The van der Waals surface area contributed by atoms with Crippen molar-refractivity contribution < 1.29 is 4.42 Å². The summed E-state index contributed by atoms with van der Waals surface area (Å²) in [6, 6.07) is 93.1. The maximum absolute atomic E-state index is 6.45. The fourth-order valence-corrected chi connectivity index (χ4v) is 9.57. The van der Waals surface area contributed by atoms with Crippen LogP contribution in [0.4, 0.5) is 28.4 Å². The van der Waals surface area contributed by atoms with Crippen LogP contribution in [-0.2, 0) is 0 Å². The smallest absolute Gasteiger partial charge is 0.143 e. The molecule has 67 heavy (non-hydrogen) atoms. The van der Waals surface area contributed by atoms with Gasteiger partial charge in [0.2, 0.25) is 0 Å². The molecule has 1 heterocycles. The summed E-state index contributed by atoms with van der Waals surface area (Å²) in [6.45, 7) is 0. The van der Waals surface area contributed by atoms with Crippen molar-refractivity contribution >= 4 is 61.1 Å². The van der Waals surface area contributed by atoms with Crippen LogP contribution in [-0.4, -0.2) is 0 Å². The number of nitrogens with one attached hydrogen (secondary N) is 1. The van der Waals surface area contributed by atoms with Gasteiger partial charge in [-0.25, -0.2) is 0 Å². The Morgan fingerprint density at radius 1 is 0.299 bits per heavy atom. The number of anilines is 5. The maximum atomic E-state index is 6.45. The number of para-hydroxylation sites is 5. The highest BCUT2D eigenvalue weighted by molar-refractivity contribution is 6.09. The molecule has 1 N–H and O–H groups in total. The minimum Gasteiger partial charge on any atom is -0.455 e. The molecule has 0 radical (unpaired) electrons. The average Bonchev–Trinajstić information content (AvgIpc) is 3.79. The summed E-state index contributed by atoms with van der Waals surface area (Å²) in [5, 5.41) is 8.59. The van der Waals surface area contributed by atoms with Gasteiger partial charge in [0, 0.05) is 55.8 Å². The highest BCUT2D eigenvalue weighted by atomic mass is 16.3. The summed E-state index contributed by atoms with van der Waals surface area (Å²) in [5.41, 5.74) is 18.4. The molecule has 3 heteroatoms. The molecule has 12 aromatic rings. The molecule has 0 amide bonds. The Kier molecular flexibility index (Phi) is 10.2. The predicted octanol–water partition coefficient (Wildman–Crippen LogP) is 18.3. The monoisotopic (exact) mass is 856 g/mol. The lowest BCUT2D eigenvalue weighted by Crippen LogP contribution is -2.11. The Morgan fingerprint density at radius 2 is 0.821 bits per heavy atom. The van der Waals surface area contributed by atoms with Crippen LogP contribution in [0.15, 0.2) is 265 Å². The van der Waals surface area contributed by atoms with Crippen molar-refractivity contribution in [3.8, 4) is 55.6 Å². The van der Waals surface area contributed by atoms with Gasteiger partial charge in [-0.1, -0.05) is 200 Å². The molecule has 0 atom stereocenters. The first kappa shape index (κ1) is 39.7. The van der Waals surface area contributed by atoms with Gasteiger partial charge < -0.3 is 14.6 Å². The molecule has 0 aliphatic heterocycles. The minimum atomic E-state index is 0.902. The molecule has 0 unspecified atom stereocenters. The molecule has 12 rings (SSSR count). The molecule has 3 nitrogen and oxygen atoms in total. The maximum Gasteiger partial charge on any atom is 0.143 e. The Balaban J connectivity index is 0.946. The van der Waals surface area contributed by atoms with Gasteiger partial charge in [0.05, 0.1) is 5.69 Å². The highest BCUT2D eigenvalue weighted by Crippen LogP contribution is 2.45. The second kappa shape index (κ2) is 17.2. The number of rotatable bonds is 10. The van der Waals surface area contributed by atoms with Gasteiger partial charge in [-0.05, 0) is 105 Å². The SMILES string of the molecule is c1ccc(-c2ccccc2Nc2ccccc2-c2ccccc2N(c2ccc(-c3cccc(-c4cccc5c4oc4ccccc45)c3)cc2)c2ccc(-c3ccc4ccccc4c3)cc2)cc1. The van der Waals surface area contributed by atoms with Crippen LogP contribution in [0.5, 0.6) is 0 Å². The third-order valence-electron chi connectivity index (χ3n) is 12.9. The summed E-state index contributed by atoms with van der Waals surface area (Å²) >= 11 is 0. The molecule has 0 aliphatic rings. The fourth-order valence-electron chi connectivity index (χ4n) is 9.57. The Bertz CT molecular complexity index is 3720. The largest absolute Gasteiger partial charge is 0.455 e. The van der Waals surface area contributed by atoms with Gasteiger partial charge in [0.25, 0.3) is 0 Å². The molecule has 0 saturated heterocycles. The van der Waals surface area contributed by atoms with E-state index in [0.29, 0.717) is 0 Å². The number of hydrogen-bond acceptors (Lipinski definition) is 3. The number of fused-ring (bicyclic) bond motifs is 4. The van der Waals surface area contributed by atoms with Crippen molar-refractivity contribution in [3.05, 3.63) is 261 Å². The molecular formula is C64H44N2O. The average molecular weight is 857 g/mol. The van der Waals surface area contributed by atoms with Crippen molar-refractivity contribution in [2.75, 3.05) is 10.2 Å². The Morgan fingerprint density at radius 3 is 1.60 bits per heavy atom. The highest BCUT2D eigenvalue weighted by Gasteiger charge is 2.20. The lowest BCUT2D eigenvalue weighted by atomic mass is 9.97. The van der Waals surface area contributed by atoms with Gasteiger partial charge in [0.1, 0.15) is 11.2 Å². The zero-order chi connectivity index (χ0) is 44.5. The number of hydrogen-bond donors (Lipinski definition) is 1. The van der Waals surface area contributed by atoms with Crippen LogP contribution < -0.4 is 10.2 Å². The summed E-state index contributed by atoms with van der Waals surface area (Å²) in [6.07, 6.45) is 0. The van der Waals surface area contributed by atoms with Crippen LogP contribution in [0.3, 0.4) is 0 Å². The van der Waals surface area contributed by atoms with Gasteiger partial charge in [-0.3, -0.25) is 0 Å². The van der Waals surface area contributed by atoms with E-state index in [1.165, 1.54) is 27.5 Å². The topological polar surface area (TPSA) is 28.4 Å². The van der Waals surface area contributed by atoms with E-state index in [4.69, 9.17) is 4.42 Å². The second-order valence-corrected chi connectivity index (χ2v) is 17.0. The van der Waals surface area contributed by atoms with Crippen molar-refractivity contribution in [2.45, 2.75) is 0 Å². The third-order valence-corrected chi connectivity index (χ3v) is 12.9. The van der Waals surface area contributed by atoms with Gasteiger partial charge in [-0.2, -0.15) is 0 Å². The molecule has 0 bridgehead atoms. The van der Waals surface area contributed by atoms with Gasteiger partial charge >= 0.3 is 0 Å². The number of benzene rings is 11. The van der Waals surface area contributed by atoms with Gasteiger partial charge in [0.15, 0.2) is 0 Å². The summed E-state index contributed by atoms with van der Waals surface area (Å²) in [4.78, 5) is 2.39. The zero-order valence-corrected chi connectivity index (χ0v) is 36.7. The van der Waals surface area contributed by atoms with Crippen LogP contribution in [0.2, 0.25) is 0 Å². The summed E-state index contributed by atoms with van der Waals surface area (Å²) in [5.74, 6) is 0. The molecule has 0 fully saturated rings. The van der Waals surface area contributed by atoms with Crippen molar-refractivity contribution in [1.82, 2.24) is 0 Å². The normalized spacial score (nSPS) is 11.3. The second-order valence-electron chi connectivity index (χ2n) is 17.0. The predicted molar refractivity (Wildman–Crippen MR) is 283 cm³/mol. The molecule has 0 saturated carbocycles. The first-order valence-electron chi connectivity index (χ1n) is 22.8. The Labute approximate surface area is 390 Å². The summed E-state index contributed by atoms with van der Waals surface area (Å²) < 4.78 is 6.45. The molecule has 0 spiro atoms.